The minimum atomic E-state index is -0.0610. The highest BCUT2D eigenvalue weighted by Crippen LogP contribution is 2.15. The second-order valence-corrected chi connectivity index (χ2v) is 3.63. The van der Waals surface area contributed by atoms with Crippen molar-refractivity contribution in [3.8, 4) is 0 Å². The van der Waals surface area contributed by atoms with E-state index in [2.05, 4.69) is 30.8 Å². The van der Waals surface area contributed by atoms with Gasteiger partial charge < -0.3 is 0 Å². The summed E-state index contributed by atoms with van der Waals surface area (Å²) in [4.78, 5) is 0. The van der Waals surface area contributed by atoms with Crippen molar-refractivity contribution in [3.63, 3.8) is 0 Å². The molecule has 0 N–H and O–H groups in total. The standard InChI is InChI=1S/C4Cl4N8/c5-1-9-10-2(6)15(1)13-14-16-3(7)11-12-4(16)8. The Hall–Kier alpha value is -0.960. The van der Waals surface area contributed by atoms with Crippen LogP contribution in [0.25, 0.3) is 0 Å². The van der Waals surface area contributed by atoms with Crippen LogP contribution in [-0.2, 0) is 0 Å². The summed E-state index contributed by atoms with van der Waals surface area (Å²) < 4.78 is 1.94. The third-order valence-corrected chi connectivity index (χ3v) is 2.29. The number of nitrogens with zero attached hydrogens (tertiary/aromatic N) is 8. The van der Waals surface area contributed by atoms with Crippen LogP contribution in [0.4, 0.5) is 0 Å². The molecule has 2 heterocycles. The Morgan fingerprint density at radius 2 is 0.875 bits per heavy atom. The second-order valence-electron chi connectivity index (χ2n) is 2.28. The van der Waals surface area contributed by atoms with E-state index >= 15 is 0 Å². The van der Waals surface area contributed by atoms with Gasteiger partial charge in [0.25, 0.3) is 0 Å². The molecule has 0 unspecified atom stereocenters. The monoisotopic (exact) mass is 300 g/mol. The first-order valence-corrected chi connectivity index (χ1v) is 5.06. The summed E-state index contributed by atoms with van der Waals surface area (Å²) in [6, 6.07) is 0. The SMILES string of the molecule is Clc1nnc(Cl)n1N=Nn1c(Cl)nnc1Cl. The molecule has 0 aliphatic heterocycles. The Morgan fingerprint density at radius 3 is 1.12 bits per heavy atom. The lowest BCUT2D eigenvalue weighted by Gasteiger charge is -1.94. The lowest BCUT2D eigenvalue weighted by molar-refractivity contribution is 0.684. The number of halogens is 4. The molecule has 0 aliphatic rings. The minimum Gasteiger partial charge on any atom is -0.152 e. The molecule has 0 amide bonds. The minimum absolute atomic E-state index is 0.0610. The summed E-state index contributed by atoms with van der Waals surface area (Å²) in [5.74, 6) is 0. The normalized spacial score (nSPS) is 11.5. The molecule has 0 saturated heterocycles. The zero-order valence-electron chi connectivity index (χ0n) is 7.09. The van der Waals surface area contributed by atoms with E-state index in [1.807, 2.05) is 0 Å². The van der Waals surface area contributed by atoms with E-state index in [0.717, 1.165) is 9.35 Å². The van der Waals surface area contributed by atoms with Crippen LogP contribution in [0.3, 0.4) is 0 Å². The first-order valence-electron chi connectivity index (χ1n) is 3.54. The van der Waals surface area contributed by atoms with Crippen LogP contribution in [0, 0.1) is 0 Å². The summed E-state index contributed by atoms with van der Waals surface area (Å²) in [6.07, 6.45) is 0. The molecular weight excluding hydrogens is 302 g/mol. The molecule has 16 heavy (non-hydrogen) atoms. The zero-order chi connectivity index (χ0) is 11.7. The molecule has 0 aromatic carbocycles. The second kappa shape index (κ2) is 4.50. The quantitative estimate of drug-likeness (QED) is 0.795. The average Bonchev–Trinajstić information content (AvgIpc) is 2.72. The van der Waals surface area contributed by atoms with Gasteiger partial charge in [0, 0.05) is 0 Å². The molecule has 0 radical (unpaired) electrons. The van der Waals surface area contributed by atoms with Crippen molar-refractivity contribution in [1.82, 2.24) is 29.7 Å². The first kappa shape index (κ1) is 11.5. The van der Waals surface area contributed by atoms with Gasteiger partial charge in [-0.05, 0) is 56.9 Å². The van der Waals surface area contributed by atoms with E-state index in [1.54, 1.807) is 0 Å². The van der Waals surface area contributed by atoms with E-state index in [4.69, 9.17) is 46.4 Å². The van der Waals surface area contributed by atoms with Crippen molar-refractivity contribution in [2.24, 2.45) is 10.4 Å². The molecule has 2 aromatic rings. The predicted molar refractivity (Wildman–Crippen MR) is 55.7 cm³/mol. The maximum Gasteiger partial charge on any atom is 0.248 e. The molecule has 12 heteroatoms. The van der Waals surface area contributed by atoms with Crippen LogP contribution >= 0.6 is 46.4 Å². The van der Waals surface area contributed by atoms with Gasteiger partial charge in [0.2, 0.25) is 21.1 Å². The highest BCUT2D eigenvalue weighted by Gasteiger charge is 2.09. The molecule has 84 valence electrons. The third kappa shape index (κ3) is 2.09. The van der Waals surface area contributed by atoms with E-state index < -0.39 is 0 Å². The van der Waals surface area contributed by atoms with Crippen molar-refractivity contribution in [2.45, 2.75) is 0 Å². The maximum absolute atomic E-state index is 5.61. The summed E-state index contributed by atoms with van der Waals surface area (Å²) >= 11 is 22.4. The van der Waals surface area contributed by atoms with Gasteiger partial charge in [-0.2, -0.15) is 9.35 Å². The maximum atomic E-state index is 5.61. The summed E-state index contributed by atoms with van der Waals surface area (Å²) in [7, 11) is 0. The fraction of sp³-hybridized carbons (Fsp3) is 0. The van der Waals surface area contributed by atoms with Crippen LogP contribution in [-0.4, -0.2) is 29.7 Å². The summed E-state index contributed by atoms with van der Waals surface area (Å²) in [5, 5.41) is 20.7. The predicted octanol–water partition coefficient (Wildman–Crippen LogP) is 2.16. The van der Waals surface area contributed by atoms with E-state index in [9.17, 15) is 0 Å². The van der Waals surface area contributed by atoms with Crippen molar-refractivity contribution in [3.05, 3.63) is 21.1 Å². The van der Waals surface area contributed by atoms with Crippen molar-refractivity contribution in [2.75, 3.05) is 0 Å². The van der Waals surface area contributed by atoms with Crippen LogP contribution in [0.2, 0.25) is 21.1 Å². The molecule has 0 bridgehead atoms. The highest BCUT2D eigenvalue weighted by molar-refractivity contribution is 6.32. The van der Waals surface area contributed by atoms with Crippen LogP contribution < -0.4 is 0 Å². The molecule has 0 atom stereocenters. The Labute approximate surface area is 108 Å². The summed E-state index contributed by atoms with van der Waals surface area (Å²) in [6.45, 7) is 0. The van der Waals surface area contributed by atoms with Crippen LogP contribution in [0.15, 0.2) is 10.4 Å². The van der Waals surface area contributed by atoms with Gasteiger partial charge >= 0.3 is 0 Å². The number of hydrogen-bond acceptors (Lipinski definition) is 6. The molecule has 0 fully saturated rings. The number of rotatable bonds is 2. The van der Waals surface area contributed by atoms with Crippen molar-refractivity contribution < 1.29 is 0 Å². The number of hydrogen-bond donors (Lipinski definition) is 0. The fourth-order valence-electron chi connectivity index (χ4n) is 0.714. The number of aromatic nitrogens is 6. The van der Waals surface area contributed by atoms with Gasteiger partial charge in [-0.15, -0.1) is 20.4 Å². The highest BCUT2D eigenvalue weighted by atomic mass is 35.5. The first-order chi connectivity index (χ1) is 7.59. The van der Waals surface area contributed by atoms with E-state index in [-0.39, 0.29) is 21.1 Å². The lowest BCUT2D eigenvalue weighted by Crippen LogP contribution is -1.92. The Morgan fingerprint density at radius 1 is 0.625 bits per heavy atom. The Bertz CT molecular complexity index is 455. The molecule has 8 nitrogen and oxygen atoms in total. The van der Waals surface area contributed by atoms with Crippen LogP contribution in [0.5, 0.6) is 0 Å². The largest absolute Gasteiger partial charge is 0.248 e. The fourth-order valence-corrected chi connectivity index (χ4v) is 1.41. The molecule has 0 saturated carbocycles. The van der Waals surface area contributed by atoms with E-state index in [0.29, 0.717) is 0 Å². The third-order valence-electron chi connectivity index (χ3n) is 1.35. The topological polar surface area (TPSA) is 86.1 Å². The molecular formula is C4Cl4N8. The summed E-state index contributed by atoms with van der Waals surface area (Å²) in [5.41, 5.74) is 0. The Kier molecular flexibility index (Phi) is 3.24. The van der Waals surface area contributed by atoms with Gasteiger partial charge in [0.15, 0.2) is 0 Å². The van der Waals surface area contributed by atoms with Crippen molar-refractivity contribution in [1.29, 1.82) is 0 Å². The zero-order valence-corrected chi connectivity index (χ0v) is 10.1. The van der Waals surface area contributed by atoms with Gasteiger partial charge in [-0.1, -0.05) is 0 Å². The van der Waals surface area contributed by atoms with Crippen molar-refractivity contribution >= 4 is 46.4 Å². The molecule has 0 aliphatic carbocycles. The van der Waals surface area contributed by atoms with E-state index in [1.165, 1.54) is 0 Å². The lowest BCUT2D eigenvalue weighted by atomic mass is 11.2. The molecule has 2 aromatic heterocycles. The molecule has 2 rings (SSSR count). The van der Waals surface area contributed by atoms with Gasteiger partial charge in [-0.25, -0.2) is 0 Å². The average molecular weight is 302 g/mol. The van der Waals surface area contributed by atoms with Crippen LogP contribution in [0.1, 0.15) is 0 Å². The van der Waals surface area contributed by atoms with Gasteiger partial charge in [0.05, 0.1) is 0 Å². The van der Waals surface area contributed by atoms with Gasteiger partial charge in [-0.3, -0.25) is 0 Å². The smallest absolute Gasteiger partial charge is 0.152 e. The molecule has 0 spiro atoms. The van der Waals surface area contributed by atoms with Gasteiger partial charge in [0.1, 0.15) is 0 Å². The Balaban J connectivity index is 2.35.